The van der Waals surface area contributed by atoms with Crippen molar-refractivity contribution in [3.63, 3.8) is 0 Å². The van der Waals surface area contributed by atoms with Gasteiger partial charge in [-0.3, -0.25) is 4.48 Å². The quantitative estimate of drug-likeness (QED) is 0.714. The minimum Gasteiger partial charge on any atom is -1.00 e. The lowest BCUT2D eigenvalue weighted by Gasteiger charge is -2.28. The van der Waals surface area contributed by atoms with Crippen LogP contribution in [0.5, 0.6) is 0 Å². The lowest BCUT2D eigenvalue weighted by atomic mass is 9.95. The Bertz CT molecular complexity index is 538. The number of nitrogens with zero attached hydrogens (tertiary/aromatic N) is 1. The molecule has 0 heterocycles. The predicted molar refractivity (Wildman–Crippen MR) is 77.6 cm³/mol. The van der Waals surface area contributed by atoms with Crippen LogP contribution in [0, 0.1) is 0 Å². The average molecular weight is 264 g/mol. The van der Waals surface area contributed by atoms with Gasteiger partial charge in [-0.1, -0.05) is 44.2 Å². The van der Waals surface area contributed by atoms with Crippen LogP contribution >= 0.6 is 0 Å². The average Bonchev–Trinajstić information content (AvgIpc) is 2.26. The second-order valence-corrected chi connectivity index (χ2v) is 5.89. The van der Waals surface area contributed by atoms with E-state index >= 15 is 0 Å². The van der Waals surface area contributed by atoms with Gasteiger partial charge in [-0.15, -0.1) is 0 Å². The molecule has 0 aliphatic heterocycles. The molecule has 2 rings (SSSR count). The second-order valence-electron chi connectivity index (χ2n) is 5.89. The third-order valence-electron chi connectivity index (χ3n) is 3.22. The Morgan fingerprint density at radius 2 is 1.50 bits per heavy atom. The van der Waals surface area contributed by atoms with E-state index in [9.17, 15) is 0 Å². The summed E-state index contributed by atoms with van der Waals surface area (Å²) in [7, 11) is 6.73. The molecule has 2 aromatic rings. The maximum absolute atomic E-state index is 2.28. The number of hydrogen-bond donors (Lipinski definition) is 0. The first-order chi connectivity index (χ1) is 7.91. The summed E-state index contributed by atoms with van der Waals surface area (Å²) in [6.45, 7) is 4.53. The number of benzene rings is 2. The first-order valence-corrected chi connectivity index (χ1v) is 6.25. The molecule has 2 aromatic carbocycles. The second kappa shape index (κ2) is 5.29. The van der Waals surface area contributed by atoms with E-state index in [0.717, 1.165) is 4.48 Å². The molecule has 0 bridgehead atoms. The van der Waals surface area contributed by atoms with Crippen molar-refractivity contribution in [2.75, 3.05) is 21.1 Å². The van der Waals surface area contributed by atoms with Gasteiger partial charge in [0.25, 0.3) is 0 Å². The van der Waals surface area contributed by atoms with Crippen LogP contribution in [0.1, 0.15) is 25.3 Å². The molecule has 0 amide bonds. The summed E-state index contributed by atoms with van der Waals surface area (Å²) >= 11 is 0. The van der Waals surface area contributed by atoms with Crippen LogP contribution in [0.25, 0.3) is 10.8 Å². The standard InChI is InChI=1S/C16H22N.ClH/c1-12(2)14-11-10-13-8-6-7-9-15(13)16(14)17(3,4)5;/h6-12H,1-5H3;1H/q+1;/p-1. The van der Waals surface area contributed by atoms with E-state index in [2.05, 4.69) is 71.4 Å². The van der Waals surface area contributed by atoms with Gasteiger partial charge in [-0.05, 0) is 17.4 Å². The predicted octanol–water partition coefficient (Wildman–Crippen LogP) is 1.16. The van der Waals surface area contributed by atoms with Gasteiger partial charge in [0.05, 0.1) is 21.1 Å². The molecule has 0 N–H and O–H groups in total. The number of hydrogen-bond acceptors (Lipinski definition) is 0. The van der Waals surface area contributed by atoms with E-state index in [1.807, 2.05) is 0 Å². The molecule has 0 saturated heterocycles. The van der Waals surface area contributed by atoms with Crippen LogP contribution in [-0.4, -0.2) is 21.1 Å². The summed E-state index contributed by atoms with van der Waals surface area (Å²) in [6, 6.07) is 13.2. The zero-order valence-corrected chi connectivity index (χ0v) is 12.6. The number of quaternary nitrogens is 1. The van der Waals surface area contributed by atoms with Crippen LogP contribution in [0.3, 0.4) is 0 Å². The highest BCUT2D eigenvalue weighted by Gasteiger charge is 2.22. The molecule has 0 fully saturated rings. The van der Waals surface area contributed by atoms with Gasteiger partial charge in [-0.25, -0.2) is 0 Å². The van der Waals surface area contributed by atoms with Crippen molar-refractivity contribution in [3.8, 4) is 0 Å². The third kappa shape index (κ3) is 2.68. The summed E-state index contributed by atoms with van der Waals surface area (Å²) in [6.07, 6.45) is 0. The molecule has 0 spiro atoms. The lowest BCUT2D eigenvalue weighted by molar-refractivity contribution is -0.00000385. The molecule has 0 saturated carbocycles. The Kier molecular flexibility index (Phi) is 4.41. The fourth-order valence-corrected chi connectivity index (χ4v) is 2.49. The molecule has 0 aliphatic carbocycles. The van der Waals surface area contributed by atoms with E-state index in [1.54, 1.807) is 0 Å². The lowest BCUT2D eigenvalue weighted by Crippen LogP contribution is -3.00. The highest BCUT2D eigenvalue weighted by molar-refractivity contribution is 5.95. The third-order valence-corrected chi connectivity index (χ3v) is 3.22. The van der Waals surface area contributed by atoms with E-state index < -0.39 is 0 Å². The Morgan fingerprint density at radius 3 is 2.06 bits per heavy atom. The summed E-state index contributed by atoms with van der Waals surface area (Å²) in [4.78, 5) is 0. The first-order valence-electron chi connectivity index (χ1n) is 6.25. The van der Waals surface area contributed by atoms with Crippen molar-refractivity contribution >= 4 is 16.5 Å². The van der Waals surface area contributed by atoms with E-state index in [4.69, 9.17) is 0 Å². The normalized spacial score (nSPS) is 11.7. The molecule has 0 atom stereocenters. The molecular formula is C16H22ClN. The van der Waals surface area contributed by atoms with Crippen molar-refractivity contribution < 1.29 is 12.4 Å². The molecule has 0 aliphatic rings. The van der Waals surface area contributed by atoms with Crippen molar-refractivity contribution in [3.05, 3.63) is 42.0 Å². The molecular weight excluding hydrogens is 242 g/mol. The molecule has 0 unspecified atom stereocenters. The fraction of sp³-hybridized carbons (Fsp3) is 0.375. The van der Waals surface area contributed by atoms with Crippen LogP contribution < -0.4 is 16.9 Å². The zero-order valence-electron chi connectivity index (χ0n) is 11.9. The largest absolute Gasteiger partial charge is 1.00 e. The van der Waals surface area contributed by atoms with Gasteiger partial charge in [0.1, 0.15) is 5.69 Å². The van der Waals surface area contributed by atoms with Crippen LogP contribution in [0.15, 0.2) is 36.4 Å². The highest BCUT2D eigenvalue weighted by Crippen LogP contribution is 2.36. The first kappa shape index (κ1) is 15.0. The number of rotatable bonds is 2. The van der Waals surface area contributed by atoms with Crippen LogP contribution in [-0.2, 0) is 0 Å². The van der Waals surface area contributed by atoms with Crippen molar-refractivity contribution in [1.82, 2.24) is 4.48 Å². The van der Waals surface area contributed by atoms with Gasteiger partial charge < -0.3 is 12.4 Å². The molecule has 0 radical (unpaired) electrons. The maximum atomic E-state index is 2.28. The van der Waals surface area contributed by atoms with Gasteiger partial charge >= 0.3 is 0 Å². The topological polar surface area (TPSA) is 0 Å². The van der Waals surface area contributed by atoms with Gasteiger partial charge in [0.15, 0.2) is 0 Å². The van der Waals surface area contributed by atoms with Crippen molar-refractivity contribution in [2.24, 2.45) is 0 Å². The Morgan fingerprint density at radius 1 is 0.889 bits per heavy atom. The summed E-state index contributed by atoms with van der Waals surface area (Å²) in [5.74, 6) is 0.562. The SMILES string of the molecule is CC(C)c1ccc2ccccc2c1[N+](C)(C)C.[Cl-]. The minimum absolute atomic E-state index is 0. The fourth-order valence-electron chi connectivity index (χ4n) is 2.49. The van der Waals surface area contributed by atoms with E-state index in [0.29, 0.717) is 5.92 Å². The highest BCUT2D eigenvalue weighted by atomic mass is 35.5. The van der Waals surface area contributed by atoms with Crippen molar-refractivity contribution in [1.29, 1.82) is 0 Å². The summed E-state index contributed by atoms with van der Waals surface area (Å²) in [5.41, 5.74) is 2.90. The van der Waals surface area contributed by atoms with Gasteiger partial charge in [-0.2, -0.15) is 0 Å². The monoisotopic (exact) mass is 263 g/mol. The zero-order chi connectivity index (χ0) is 12.6. The Labute approximate surface area is 116 Å². The van der Waals surface area contributed by atoms with Gasteiger partial charge in [0.2, 0.25) is 0 Å². The van der Waals surface area contributed by atoms with Gasteiger partial charge in [0, 0.05) is 10.9 Å². The summed E-state index contributed by atoms with van der Waals surface area (Å²) in [5, 5.41) is 2.71. The molecule has 98 valence electrons. The van der Waals surface area contributed by atoms with E-state index in [1.165, 1.54) is 22.0 Å². The van der Waals surface area contributed by atoms with Crippen LogP contribution in [0.4, 0.5) is 5.69 Å². The molecule has 1 nitrogen and oxygen atoms in total. The molecule has 2 heteroatoms. The molecule has 18 heavy (non-hydrogen) atoms. The van der Waals surface area contributed by atoms with E-state index in [-0.39, 0.29) is 12.4 Å². The smallest absolute Gasteiger partial charge is 0.143 e. The Balaban J connectivity index is 0.00000162. The maximum Gasteiger partial charge on any atom is 0.143 e. The van der Waals surface area contributed by atoms with Crippen LogP contribution in [0.2, 0.25) is 0 Å². The molecule has 0 aromatic heterocycles. The number of halogens is 1. The Hall–Kier alpha value is -1.05. The minimum atomic E-state index is 0. The summed E-state index contributed by atoms with van der Waals surface area (Å²) < 4.78 is 0.870. The van der Waals surface area contributed by atoms with Crippen molar-refractivity contribution in [2.45, 2.75) is 19.8 Å². The number of fused-ring (bicyclic) bond motifs is 1.